The van der Waals surface area contributed by atoms with Gasteiger partial charge in [0.25, 0.3) is 0 Å². The molecule has 15 heavy (non-hydrogen) atoms. The van der Waals surface area contributed by atoms with Gasteiger partial charge in [-0.2, -0.15) is 4.98 Å². The lowest BCUT2D eigenvalue weighted by Crippen LogP contribution is -1.97. The number of nitrogens with zero attached hydrogens (tertiary/aromatic N) is 2. The van der Waals surface area contributed by atoms with E-state index in [9.17, 15) is 0 Å². The number of hydrogen-bond donors (Lipinski definition) is 1. The molecule has 2 N–H and O–H groups in total. The molecular weight excluding hydrogens is 258 g/mol. The fourth-order valence-electron chi connectivity index (χ4n) is 1.23. The van der Waals surface area contributed by atoms with Gasteiger partial charge in [-0.1, -0.05) is 33.2 Å². The first-order valence-corrected chi connectivity index (χ1v) is 5.33. The minimum atomic E-state index is 0.285. The van der Waals surface area contributed by atoms with Crippen LogP contribution in [0.5, 0.6) is 0 Å². The molecule has 1 heterocycles. The fourth-order valence-corrected chi connectivity index (χ4v) is 1.49. The molecule has 0 spiro atoms. The van der Waals surface area contributed by atoms with Crippen LogP contribution in [0.4, 0.5) is 0 Å². The molecule has 0 saturated carbocycles. The van der Waals surface area contributed by atoms with Crippen molar-refractivity contribution < 1.29 is 4.52 Å². The van der Waals surface area contributed by atoms with Crippen molar-refractivity contribution in [2.24, 2.45) is 5.73 Å². The summed E-state index contributed by atoms with van der Waals surface area (Å²) in [4.78, 5) is 4.13. The topological polar surface area (TPSA) is 64.9 Å². The second kappa shape index (κ2) is 4.55. The van der Waals surface area contributed by atoms with Gasteiger partial charge >= 0.3 is 0 Å². The second-order valence-electron chi connectivity index (χ2n) is 3.11. The average Bonchev–Trinajstić information content (AvgIpc) is 2.69. The summed E-state index contributed by atoms with van der Waals surface area (Å²) in [5.74, 6) is 1.14. The third-order valence-electron chi connectivity index (χ3n) is 1.96. The minimum absolute atomic E-state index is 0.285. The monoisotopic (exact) mass is 267 g/mol. The normalized spacial score (nSPS) is 10.5. The van der Waals surface area contributed by atoms with Crippen LogP contribution in [0.25, 0.3) is 0 Å². The lowest BCUT2D eigenvalue weighted by Gasteiger charge is -1.96. The smallest absolute Gasteiger partial charge is 0.240 e. The Labute approximate surface area is 95.6 Å². The highest BCUT2D eigenvalue weighted by atomic mass is 79.9. The second-order valence-corrected chi connectivity index (χ2v) is 4.03. The highest BCUT2D eigenvalue weighted by Crippen LogP contribution is 2.12. The number of rotatable bonds is 3. The van der Waals surface area contributed by atoms with Crippen molar-refractivity contribution >= 4 is 15.9 Å². The molecule has 1 aromatic heterocycles. The van der Waals surface area contributed by atoms with Crippen molar-refractivity contribution in [1.29, 1.82) is 0 Å². The molecule has 5 heteroatoms. The van der Waals surface area contributed by atoms with Crippen molar-refractivity contribution in [1.82, 2.24) is 10.1 Å². The SMILES string of the molecule is NCc1nc(Cc2ccc(Br)cc2)no1. The summed E-state index contributed by atoms with van der Waals surface area (Å²) in [6.07, 6.45) is 0.663. The molecule has 78 valence electrons. The van der Waals surface area contributed by atoms with Crippen molar-refractivity contribution in [3.63, 3.8) is 0 Å². The van der Waals surface area contributed by atoms with Gasteiger partial charge in [0, 0.05) is 10.9 Å². The zero-order valence-electron chi connectivity index (χ0n) is 7.98. The molecule has 0 fully saturated rings. The van der Waals surface area contributed by atoms with Gasteiger partial charge in [-0.3, -0.25) is 0 Å². The maximum atomic E-state index is 5.37. The predicted molar refractivity (Wildman–Crippen MR) is 59.1 cm³/mol. The fraction of sp³-hybridized carbons (Fsp3) is 0.200. The van der Waals surface area contributed by atoms with Crippen LogP contribution in [0.3, 0.4) is 0 Å². The quantitative estimate of drug-likeness (QED) is 0.923. The first-order valence-electron chi connectivity index (χ1n) is 4.54. The largest absolute Gasteiger partial charge is 0.338 e. The van der Waals surface area contributed by atoms with Crippen molar-refractivity contribution in [2.45, 2.75) is 13.0 Å². The van der Waals surface area contributed by atoms with Crippen LogP contribution < -0.4 is 5.73 Å². The summed E-state index contributed by atoms with van der Waals surface area (Å²) in [5, 5.41) is 3.83. The lowest BCUT2D eigenvalue weighted by atomic mass is 10.1. The molecule has 4 nitrogen and oxygen atoms in total. The molecule has 0 radical (unpaired) electrons. The molecule has 0 aliphatic carbocycles. The van der Waals surface area contributed by atoms with E-state index >= 15 is 0 Å². The Bertz CT molecular complexity index is 438. The van der Waals surface area contributed by atoms with E-state index < -0.39 is 0 Å². The van der Waals surface area contributed by atoms with E-state index in [0.717, 1.165) is 10.0 Å². The Balaban J connectivity index is 2.11. The molecule has 0 amide bonds. The molecule has 0 aliphatic rings. The third-order valence-corrected chi connectivity index (χ3v) is 2.49. The number of halogens is 1. The summed E-state index contributed by atoms with van der Waals surface area (Å²) in [5.41, 5.74) is 6.52. The zero-order chi connectivity index (χ0) is 10.7. The van der Waals surface area contributed by atoms with E-state index in [1.54, 1.807) is 0 Å². The Morgan fingerprint density at radius 1 is 1.27 bits per heavy atom. The molecule has 2 rings (SSSR count). The Hall–Kier alpha value is -1.20. The molecule has 0 saturated heterocycles. The van der Waals surface area contributed by atoms with Crippen LogP contribution in [0.15, 0.2) is 33.3 Å². The molecule has 0 unspecified atom stereocenters. The summed E-state index contributed by atoms with van der Waals surface area (Å²) in [7, 11) is 0. The Kier molecular flexibility index (Phi) is 3.13. The van der Waals surface area contributed by atoms with Crippen LogP contribution in [-0.2, 0) is 13.0 Å². The summed E-state index contributed by atoms with van der Waals surface area (Å²) >= 11 is 3.38. The Morgan fingerprint density at radius 2 is 2.00 bits per heavy atom. The number of aromatic nitrogens is 2. The van der Waals surface area contributed by atoms with E-state index in [4.69, 9.17) is 10.3 Å². The molecule has 0 aliphatic heterocycles. The maximum Gasteiger partial charge on any atom is 0.240 e. The summed E-state index contributed by atoms with van der Waals surface area (Å²) in [6, 6.07) is 8.00. The van der Waals surface area contributed by atoms with Crippen molar-refractivity contribution in [3.8, 4) is 0 Å². The number of nitrogens with two attached hydrogens (primary N) is 1. The van der Waals surface area contributed by atoms with E-state index in [2.05, 4.69) is 26.1 Å². The van der Waals surface area contributed by atoms with Crippen LogP contribution in [-0.4, -0.2) is 10.1 Å². The lowest BCUT2D eigenvalue weighted by molar-refractivity contribution is 0.375. The van der Waals surface area contributed by atoms with Gasteiger partial charge in [-0.15, -0.1) is 0 Å². The highest BCUT2D eigenvalue weighted by Gasteiger charge is 2.04. The predicted octanol–water partition coefficient (Wildman–Crippen LogP) is 1.88. The Morgan fingerprint density at radius 3 is 2.60 bits per heavy atom. The average molecular weight is 268 g/mol. The maximum absolute atomic E-state index is 5.37. The number of hydrogen-bond acceptors (Lipinski definition) is 4. The van der Waals surface area contributed by atoms with E-state index in [0.29, 0.717) is 18.1 Å². The van der Waals surface area contributed by atoms with Crippen LogP contribution >= 0.6 is 15.9 Å². The van der Waals surface area contributed by atoms with Gasteiger partial charge in [0.15, 0.2) is 5.82 Å². The highest BCUT2D eigenvalue weighted by molar-refractivity contribution is 9.10. The molecular formula is C10H10BrN3O. The van der Waals surface area contributed by atoms with Crippen molar-refractivity contribution in [3.05, 3.63) is 46.0 Å². The van der Waals surface area contributed by atoms with Gasteiger partial charge in [0.05, 0.1) is 6.54 Å². The standard InChI is InChI=1S/C10H10BrN3O/c11-8-3-1-7(2-4-8)5-9-13-10(6-12)15-14-9/h1-4H,5-6,12H2. The molecule has 1 aromatic carbocycles. The van der Waals surface area contributed by atoms with Gasteiger partial charge < -0.3 is 10.3 Å². The minimum Gasteiger partial charge on any atom is -0.338 e. The van der Waals surface area contributed by atoms with Crippen LogP contribution in [0, 0.1) is 0 Å². The summed E-state index contributed by atoms with van der Waals surface area (Å²) < 4.78 is 5.97. The van der Waals surface area contributed by atoms with Crippen LogP contribution in [0.2, 0.25) is 0 Å². The number of benzene rings is 1. The third kappa shape index (κ3) is 2.64. The van der Waals surface area contributed by atoms with Crippen molar-refractivity contribution in [2.75, 3.05) is 0 Å². The molecule has 0 bridgehead atoms. The first kappa shape index (κ1) is 10.3. The molecule has 2 aromatic rings. The van der Waals surface area contributed by atoms with Crippen LogP contribution in [0.1, 0.15) is 17.3 Å². The van der Waals surface area contributed by atoms with E-state index in [1.165, 1.54) is 0 Å². The zero-order valence-corrected chi connectivity index (χ0v) is 9.57. The first-order chi connectivity index (χ1) is 7.28. The van der Waals surface area contributed by atoms with Gasteiger partial charge in [0.1, 0.15) is 0 Å². The van der Waals surface area contributed by atoms with E-state index in [-0.39, 0.29) is 6.54 Å². The summed E-state index contributed by atoms with van der Waals surface area (Å²) in [6.45, 7) is 0.285. The van der Waals surface area contributed by atoms with Gasteiger partial charge in [-0.25, -0.2) is 0 Å². The van der Waals surface area contributed by atoms with Gasteiger partial charge in [-0.05, 0) is 17.7 Å². The van der Waals surface area contributed by atoms with Gasteiger partial charge in [0.2, 0.25) is 5.89 Å². The molecule has 0 atom stereocenters. The van der Waals surface area contributed by atoms with E-state index in [1.807, 2.05) is 24.3 Å².